The Labute approximate surface area is 202 Å². The highest BCUT2D eigenvalue weighted by Gasteiger charge is 2.22. The van der Waals surface area contributed by atoms with E-state index in [1.807, 2.05) is 42.5 Å². The minimum atomic E-state index is -1.60. The summed E-state index contributed by atoms with van der Waals surface area (Å²) in [5, 5.41) is 22.4. The molecule has 0 radical (unpaired) electrons. The van der Waals surface area contributed by atoms with Crippen molar-refractivity contribution in [2.24, 2.45) is 0 Å². The van der Waals surface area contributed by atoms with E-state index in [1.165, 1.54) is 7.11 Å². The molecule has 3 rings (SSSR count). The molecule has 7 nitrogen and oxygen atoms in total. The summed E-state index contributed by atoms with van der Waals surface area (Å²) in [5.41, 5.74) is 2.83. The Hall–Kier alpha value is -3.55. The van der Waals surface area contributed by atoms with E-state index in [9.17, 15) is 14.7 Å². The van der Waals surface area contributed by atoms with Crippen LogP contribution in [-0.4, -0.2) is 48.0 Å². The number of nitrogens with one attached hydrogen (secondary N) is 1. The highest BCUT2D eigenvalue weighted by Crippen LogP contribution is 2.23. The summed E-state index contributed by atoms with van der Waals surface area (Å²) in [6.07, 6.45) is -1.41. The number of hydrogen-bond acceptors (Lipinski definition) is 5. The lowest BCUT2D eigenvalue weighted by Crippen LogP contribution is -2.42. The summed E-state index contributed by atoms with van der Waals surface area (Å²) in [5.74, 6) is -0.709. The number of carboxylic acids is 1. The van der Waals surface area contributed by atoms with Crippen molar-refractivity contribution in [1.82, 2.24) is 5.32 Å². The molecular weight excluding hydrogens is 458 g/mol. The standard InChI is InChI=1S/C26H26ClNO6/c1-33-22-6-3-7-23(15-22)34-16-25(30)28-21(14-24(29)26(31)32)12-17-8-10-18(11-9-17)19-4-2-5-20(27)13-19/h2-11,13,15,21,24,29H,12,14,16H2,1H3,(H,28,30)(H,31,32)/t21-,24+/m1/s1. The summed E-state index contributed by atoms with van der Waals surface area (Å²) in [7, 11) is 1.53. The average molecular weight is 484 g/mol. The van der Waals surface area contributed by atoms with Crippen LogP contribution in [0, 0.1) is 0 Å². The number of methoxy groups -OCH3 is 1. The molecule has 2 atom stereocenters. The molecule has 1 amide bonds. The van der Waals surface area contributed by atoms with Crippen molar-refractivity contribution in [2.45, 2.75) is 25.0 Å². The van der Waals surface area contributed by atoms with E-state index in [-0.39, 0.29) is 13.0 Å². The molecule has 0 aromatic heterocycles. The number of halogens is 1. The van der Waals surface area contributed by atoms with Crippen LogP contribution < -0.4 is 14.8 Å². The maximum atomic E-state index is 12.5. The molecule has 0 saturated heterocycles. The van der Waals surface area contributed by atoms with Gasteiger partial charge in [0.15, 0.2) is 12.7 Å². The van der Waals surface area contributed by atoms with Crippen LogP contribution >= 0.6 is 11.6 Å². The fraction of sp³-hybridized carbons (Fsp3) is 0.231. The molecule has 0 fully saturated rings. The van der Waals surface area contributed by atoms with Crippen molar-refractivity contribution in [3.63, 3.8) is 0 Å². The van der Waals surface area contributed by atoms with E-state index in [4.69, 9.17) is 26.2 Å². The molecule has 0 heterocycles. The number of ether oxygens (including phenoxy) is 2. The Morgan fingerprint density at radius 1 is 0.971 bits per heavy atom. The van der Waals surface area contributed by atoms with Crippen molar-refractivity contribution >= 4 is 23.5 Å². The third-order valence-electron chi connectivity index (χ3n) is 5.16. The number of carbonyl (C=O) groups is 2. The number of hydrogen-bond donors (Lipinski definition) is 3. The van der Waals surface area contributed by atoms with Gasteiger partial charge in [-0.05, 0) is 47.4 Å². The maximum Gasteiger partial charge on any atom is 0.332 e. The van der Waals surface area contributed by atoms with Crippen molar-refractivity contribution in [3.05, 3.63) is 83.4 Å². The highest BCUT2D eigenvalue weighted by molar-refractivity contribution is 6.30. The van der Waals surface area contributed by atoms with Gasteiger partial charge < -0.3 is 25.0 Å². The number of carboxylic acid groups (broad SMARTS) is 1. The van der Waals surface area contributed by atoms with Crippen LogP contribution in [-0.2, 0) is 16.0 Å². The van der Waals surface area contributed by atoms with Gasteiger partial charge in [0.25, 0.3) is 5.91 Å². The van der Waals surface area contributed by atoms with Gasteiger partial charge in [0.1, 0.15) is 11.5 Å². The number of aliphatic carboxylic acids is 1. The molecule has 0 aliphatic carbocycles. The molecule has 0 unspecified atom stereocenters. The topological polar surface area (TPSA) is 105 Å². The van der Waals surface area contributed by atoms with Gasteiger partial charge in [-0.2, -0.15) is 0 Å². The van der Waals surface area contributed by atoms with Gasteiger partial charge in [-0.25, -0.2) is 4.79 Å². The molecule has 0 bridgehead atoms. The van der Waals surface area contributed by atoms with E-state index in [0.29, 0.717) is 22.9 Å². The number of rotatable bonds is 11. The van der Waals surface area contributed by atoms with Gasteiger partial charge in [0.05, 0.1) is 7.11 Å². The summed E-state index contributed by atoms with van der Waals surface area (Å²) in [4.78, 5) is 23.6. The quantitative estimate of drug-likeness (QED) is 0.381. The van der Waals surface area contributed by atoms with E-state index in [0.717, 1.165) is 16.7 Å². The van der Waals surface area contributed by atoms with Crippen LogP contribution in [0.4, 0.5) is 0 Å². The van der Waals surface area contributed by atoms with Crippen LogP contribution in [0.2, 0.25) is 5.02 Å². The molecule has 0 saturated carbocycles. The molecular formula is C26H26ClNO6. The largest absolute Gasteiger partial charge is 0.497 e. The van der Waals surface area contributed by atoms with Crippen molar-refractivity contribution in [2.75, 3.05) is 13.7 Å². The summed E-state index contributed by atoms with van der Waals surface area (Å²) in [6.45, 7) is -0.263. The first-order valence-electron chi connectivity index (χ1n) is 10.7. The lowest BCUT2D eigenvalue weighted by Gasteiger charge is -2.21. The third-order valence-corrected chi connectivity index (χ3v) is 5.40. The predicted octanol–water partition coefficient (Wildman–Crippen LogP) is 3.96. The normalized spacial score (nSPS) is 12.4. The van der Waals surface area contributed by atoms with E-state index >= 15 is 0 Å². The number of aliphatic hydroxyl groups is 1. The van der Waals surface area contributed by atoms with Crippen LogP contribution in [0.25, 0.3) is 11.1 Å². The lowest BCUT2D eigenvalue weighted by molar-refractivity contribution is -0.147. The van der Waals surface area contributed by atoms with Gasteiger partial charge in [0.2, 0.25) is 0 Å². The molecule has 178 valence electrons. The molecule has 34 heavy (non-hydrogen) atoms. The predicted molar refractivity (Wildman–Crippen MR) is 129 cm³/mol. The Morgan fingerprint density at radius 3 is 2.35 bits per heavy atom. The van der Waals surface area contributed by atoms with Crippen molar-refractivity contribution in [1.29, 1.82) is 0 Å². The van der Waals surface area contributed by atoms with Crippen LogP contribution in [0.5, 0.6) is 11.5 Å². The highest BCUT2D eigenvalue weighted by atomic mass is 35.5. The molecule has 3 aromatic rings. The summed E-state index contributed by atoms with van der Waals surface area (Å²) < 4.78 is 10.6. The van der Waals surface area contributed by atoms with Crippen LogP contribution in [0.1, 0.15) is 12.0 Å². The molecule has 3 aromatic carbocycles. The van der Waals surface area contributed by atoms with Gasteiger partial charge >= 0.3 is 5.97 Å². The number of aliphatic hydroxyl groups excluding tert-OH is 1. The first kappa shape index (κ1) is 25.1. The Morgan fingerprint density at radius 2 is 1.68 bits per heavy atom. The first-order chi connectivity index (χ1) is 16.3. The maximum absolute atomic E-state index is 12.5. The first-order valence-corrected chi connectivity index (χ1v) is 11.0. The number of amides is 1. The van der Waals surface area contributed by atoms with Gasteiger partial charge in [-0.3, -0.25) is 4.79 Å². The zero-order valence-electron chi connectivity index (χ0n) is 18.6. The molecule has 3 N–H and O–H groups in total. The van der Waals surface area contributed by atoms with E-state index in [1.54, 1.807) is 30.3 Å². The smallest absolute Gasteiger partial charge is 0.332 e. The zero-order valence-corrected chi connectivity index (χ0v) is 19.4. The Kier molecular flexibility index (Phi) is 8.90. The summed E-state index contributed by atoms with van der Waals surface area (Å²) >= 11 is 6.07. The second kappa shape index (κ2) is 12.1. The molecule has 8 heteroatoms. The zero-order chi connectivity index (χ0) is 24.5. The second-order valence-electron chi connectivity index (χ2n) is 7.73. The van der Waals surface area contributed by atoms with Gasteiger partial charge in [0, 0.05) is 23.6 Å². The number of carbonyl (C=O) groups excluding carboxylic acids is 1. The van der Waals surface area contributed by atoms with E-state index in [2.05, 4.69) is 5.32 Å². The minimum absolute atomic E-state index is 0.143. The molecule has 0 spiro atoms. The second-order valence-corrected chi connectivity index (χ2v) is 8.17. The molecule has 0 aliphatic rings. The van der Waals surface area contributed by atoms with Crippen molar-refractivity contribution in [3.8, 4) is 22.6 Å². The Bertz CT molecular complexity index is 1120. The van der Waals surface area contributed by atoms with Gasteiger partial charge in [-0.1, -0.05) is 54.1 Å². The SMILES string of the molecule is COc1cccc(OCC(=O)N[C@H](Cc2ccc(-c3cccc(Cl)c3)cc2)C[C@H](O)C(=O)O)c1. The summed E-state index contributed by atoms with van der Waals surface area (Å²) in [6, 6.07) is 21.4. The third kappa shape index (κ3) is 7.50. The Balaban J connectivity index is 1.65. The minimum Gasteiger partial charge on any atom is -0.497 e. The monoisotopic (exact) mass is 483 g/mol. The van der Waals surface area contributed by atoms with Crippen LogP contribution in [0.3, 0.4) is 0 Å². The average Bonchev–Trinajstić information content (AvgIpc) is 2.83. The van der Waals surface area contributed by atoms with Gasteiger partial charge in [-0.15, -0.1) is 0 Å². The van der Waals surface area contributed by atoms with Crippen LogP contribution in [0.15, 0.2) is 72.8 Å². The number of benzene rings is 3. The fourth-order valence-electron chi connectivity index (χ4n) is 3.46. The fourth-order valence-corrected chi connectivity index (χ4v) is 3.65. The lowest BCUT2D eigenvalue weighted by atomic mass is 9.98. The van der Waals surface area contributed by atoms with Crippen molar-refractivity contribution < 1.29 is 29.3 Å². The van der Waals surface area contributed by atoms with E-state index < -0.39 is 24.0 Å². The molecule has 0 aliphatic heterocycles.